The minimum atomic E-state index is -0.212. The first kappa shape index (κ1) is 14.0. The summed E-state index contributed by atoms with van der Waals surface area (Å²) in [6.07, 6.45) is 0.790. The van der Waals surface area contributed by atoms with Crippen LogP contribution in [0.3, 0.4) is 0 Å². The van der Waals surface area contributed by atoms with Crippen molar-refractivity contribution >= 4 is 43.5 Å². The van der Waals surface area contributed by atoms with Crippen LogP contribution in [0.1, 0.15) is 16.0 Å². The van der Waals surface area contributed by atoms with Crippen molar-refractivity contribution in [3.8, 4) is 0 Å². The first-order valence-corrected chi connectivity index (χ1v) is 7.48. The molecule has 4 heteroatoms. The fourth-order valence-electron chi connectivity index (χ4n) is 1.65. The van der Waals surface area contributed by atoms with E-state index in [1.165, 1.54) is 12.1 Å². The summed E-state index contributed by atoms with van der Waals surface area (Å²) in [6.45, 7) is 0. The lowest BCUT2D eigenvalue weighted by atomic mass is 10.0. The zero-order valence-electron chi connectivity index (χ0n) is 9.34. The zero-order chi connectivity index (χ0) is 13.1. The van der Waals surface area contributed by atoms with Gasteiger partial charge in [0.15, 0.2) is 0 Å². The molecule has 0 spiro atoms. The second kappa shape index (κ2) is 6.18. The molecule has 0 radical (unpaired) electrons. The maximum Gasteiger partial charge on any atom is 0.123 e. The third kappa shape index (κ3) is 3.56. The van der Waals surface area contributed by atoms with Gasteiger partial charge in [-0.05, 0) is 57.7 Å². The fraction of sp³-hybridized carbons (Fsp3) is 0.143. The summed E-state index contributed by atoms with van der Waals surface area (Å²) in [4.78, 5) is 0.161. The van der Waals surface area contributed by atoms with Crippen molar-refractivity contribution in [3.05, 3.63) is 68.9 Å². The van der Waals surface area contributed by atoms with E-state index in [-0.39, 0.29) is 10.6 Å². The van der Waals surface area contributed by atoms with Crippen molar-refractivity contribution in [3.63, 3.8) is 0 Å². The van der Waals surface area contributed by atoms with Crippen LogP contribution in [0, 0.1) is 5.82 Å². The minimum Gasteiger partial charge on any atom is -0.207 e. The Morgan fingerprint density at radius 1 is 1.11 bits per heavy atom. The smallest absolute Gasteiger partial charge is 0.123 e. The molecule has 0 fully saturated rings. The molecule has 2 aromatic carbocycles. The molecule has 0 amide bonds. The second-order valence-electron chi connectivity index (χ2n) is 3.97. The predicted octanol–water partition coefficient (Wildman–Crippen LogP) is 5.92. The lowest BCUT2D eigenvalue weighted by Gasteiger charge is -2.11. The van der Waals surface area contributed by atoms with E-state index in [2.05, 4.69) is 31.9 Å². The van der Waals surface area contributed by atoms with Crippen LogP contribution in [0.15, 0.2) is 46.9 Å². The molecule has 0 N–H and O–H groups in total. The van der Waals surface area contributed by atoms with Crippen LogP contribution in [0.25, 0.3) is 0 Å². The van der Waals surface area contributed by atoms with Crippen LogP contribution in [0.4, 0.5) is 4.39 Å². The van der Waals surface area contributed by atoms with Gasteiger partial charge < -0.3 is 0 Å². The van der Waals surface area contributed by atoms with Gasteiger partial charge in [0.05, 0.1) is 5.02 Å². The van der Waals surface area contributed by atoms with E-state index in [1.54, 1.807) is 12.1 Å². The number of hydrogen-bond donors (Lipinski definition) is 0. The van der Waals surface area contributed by atoms with Crippen molar-refractivity contribution < 1.29 is 4.39 Å². The predicted molar refractivity (Wildman–Crippen MR) is 80.9 cm³/mol. The van der Waals surface area contributed by atoms with Gasteiger partial charge in [0.1, 0.15) is 5.82 Å². The number of halogens is 4. The normalized spacial score (nSPS) is 12.4. The van der Waals surface area contributed by atoms with Gasteiger partial charge >= 0.3 is 0 Å². The molecule has 0 heterocycles. The summed E-state index contributed by atoms with van der Waals surface area (Å²) in [5, 5.41) is 0.691. The highest BCUT2D eigenvalue weighted by molar-refractivity contribution is 9.10. The molecule has 2 rings (SSSR count). The number of rotatable bonds is 3. The highest BCUT2D eigenvalue weighted by Crippen LogP contribution is 2.32. The molecule has 0 aliphatic carbocycles. The molecule has 1 unspecified atom stereocenters. The highest BCUT2D eigenvalue weighted by atomic mass is 79.9. The maximum atomic E-state index is 12.8. The molecule has 1 atom stereocenters. The molecule has 0 bridgehead atoms. The van der Waals surface area contributed by atoms with E-state index in [0.717, 1.165) is 22.0 Å². The van der Waals surface area contributed by atoms with E-state index in [9.17, 15) is 4.39 Å². The Morgan fingerprint density at radius 2 is 1.78 bits per heavy atom. The van der Waals surface area contributed by atoms with Crippen LogP contribution >= 0.6 is 43.5 Å². The monoisotopic (exact) mass is 390 g/mol. The van der Waals surface area contributed by atoms with E-state index in [1.807, 2.05) is 18.2 Å². The molecule has 0 aliphatic heterocycles. The molecule has 18 heavy (non-hydrogen) atoms. The Balaban J connectivity index is 2.13. The third-order valence-corrected chi connectivity index (χ3v) is 4.72. The summed E-state index contributed by atoms with van der Waals surface area (Å²) in [6, 6.07) is 12.4. The van der Waals surface area contributed by atoms with E-state index in [4.69, 9.17) is 11.6 Å². The Morgan fingerprint density at radius 3 is 2.39 bits per heavy atom. The van der Waals surface area contributed by atoms with Gasteiger partial charge in [0, 0.05) is 9.30 Å². The van der Waals surface area contributed by atoms with E-state index in [0.29, 0.717) is 5.02 Å². The quantitative estimate of drug-likeness (QED) is 0.569. The van der Waals surface area contributed by atoms with Gasteiger partial charge in [-0.1, -0.05) is 45.7 Å². The molecule has 0 nitrogen and oxygen atoms in total. The van der Waals surface area contributed by atoms with Crippen LogP contribution in [-0.4, -0.2) is 0 Å². The first-order valence-electron chi connectivity index (χ1n) is 5.40. The Labute approximate surface area is 127 Å². The van der Waals surface area contributed by atoms with E-state index < -0.39 is 0 Å². The molecular formula is C14H10Br2ClF. The summed E-state index contributed by atoms with van der Waals surface area (Å²) in [5.41, 5.74) is 2.19. The average Bonchev–Trinajstić information content (AvgIpc) is 2.35. The van der Waals surface area contributed by atoms with Crippen molar-refractivity contribution in [2.45, 2.75) is 11.2 Å². The van der Waals surface area contributed by atoms with Gasteiger partial charge in [-0.3, -0.25) is 0 Å². The van der Waals surface area contributed by atoms with E-state index >= 15 is 0 Å². The van der Waals surface area contributed by atoms with Crippen molar-refractivity contribution in [1.29, 1.82) is 0 Å². The van der Waals surface area contributed by atoms with Gasteiger partial charge in [-0.2, -0.15) is 0 Å². The largest absolute Gasteiger partial charge is 0.207 e. The van der Waals surface area contributed by atoms with Gasteiger partial charge in [0.25, 0.3) is 0 Å². The summed E-state index contributed by atoms with van der Waals surface area (Å²) >= 11 is 13.1. The maximum absolute atomic E-state index is 12.8. The van der Waals surface area contributed by atoms with Crippen LogP contribution in [0.2, 0.25) is 5.02 Å². The topological polar surface area (TPSA) is 0 Å². The fourth-order valence-corrected chi connectivity index (χ4v) is 2.75. The Kier molecular flexibility index (Phi) is 4.82. The Bertz CT molecular complexity index is 540. The number of benzene rings is 2. The standard InChI is InChI=1S/C14H10Br2ClF/c15-12-6-3-10(8-14(12)17)13(16)7-9-1-4-11(18)5-2-9/h1-6,8,13H,7H2. The summed E-state index contributed by atoms with van der Waals surface area (Å²) in [7, 11) is 0. The van der Waals surface area contributed by atoms with Crippen LogP contribution in [0.5, 0.6) is 0 Å². The average molecular weight is 392 g/mol. The molecular weight excluding hydrogens is 382 g/mol. The Hall–Kier alpha value is -0.380. The van der Waals surface area contributed by atoms with Crippen molar-refractivity contribution in [2.24, 2.45) is 0 Å². The number of alkyl halides is 1. The molecule has 0 saturated carbocycles. The van der Waals surface area contributed by atoms with Crippen molar-refractivity contribution in [1.82, 2.24) is 0 Å². The molecule has 0 saturated heterocycles. The zero-order valence-corrected chi connectivity index (χ0v) is 13.3. The highest BCUT2D eigenvalue weighted by Gasteiger charge is 2.10. The van der Waals surface area contributed by atoms with Crippen LogP contribution < -0.4 is 0 Å². The molecule has 0 aromatic heterocycles. The van der Waals surface area contributed by atoms with Crippen LogP contribution in [-0.2, 0) is 6.42 Å². The first-order chi connectivity index (χ1) is 8.56. The minimum absolute atomic E-state index is 0.161. The SMILES string of the molecule is Fc1ccc(CC(Br)c2ccc(Br)c(Cl)c2)cc1. The third-order valence-electron chi connectivity index (χ3n) is 2.63. The van der Waals surface area contributed by atoms with Gasteiger partial charge in [-0.15, -0.1) is 0 Å². The lowest BCUT2D eigenvalue weighted by molar-refractivity contribution is 0.627. The van der Waals surface area contributed by atoms with Gasteiger partial charge in [0.2, 0.25) is 0 Å². The molecule has 0 aliphatic rings. The molecule has 94 valence electrons. The second-order valence-corrected chi connectivity index (χ2v) is 6.34. The van der Waals surface area contributed by atoms with Gasteiger partial charge in [-0.25, -0.2) is 4.39 Å². The summed E-state index contributed by atoms with van der Waals surface area (Å²) < 4.78 is 13.7. The van der Waals surface area contributed by atoms with Crippen molar-refractivity contribution in [2.75, 3.05) is 0 Å². The lowest BCUT2D eigenvalue weighted by Crippen LogP contribution is -1.95. The summed E-state index contributed by atoms with van der Waals surface area (Å²) in [5.74, 6) is -0.212. The molecule has 2 aromatic rings. The number of hydrogen-bond acceptors (Lipinski definition) is 0.